The summed E-state index contributed by atoms with van der Waals surface area (Å²) in [5, 5.41) is -0.0157. The third kappa shape index (κ3) is 6.02. The number of carbonyl (C=O) groups excluding carboxylic acids is 1. The standard InChI is InChI=1S/C32H38N2O3Si/c1-32(2,3)38(5,6)37-29-22-28(31(35)36-4)30(34(29)27-20-14-9-15-21-27)33(23-25-16-10-7-11-17-25)24-26-18-12-8-13-19-26/h7-22H,23-24H2,1-6H3. The van der Waals surface area contributed by atoms with Crippen LogP contribution in [0.3, 0.4) is 0 Å². The molecule has 1 heterocycles. The summed E-state index contributed by atoms with van der Waals surface area (Å²) in [6.45, 7) is 12.3. The number of para-hydroxylation sites is 1. The quantitative estimate of drug-likeness (QED) is 0.164. The van der Waals surface area contributed by atoms with Crippen molar-refractivity contribution in [3.05, 3.63) is 114 Å². The number of methoxy groups -OCH3 is 1. The molecule has 0 saturated heterocycles. The van der Waals surface area contributed by atoms with Gasteiger partial charge in [-0.05, 0) is 41.4 Å². The smallest absolute Gasteiger partial charge is 0.341 e. The summed E-state index contributed by atoms with van der Waals surface area (Å²) in [5.41, 5.74) is 3.70. The van der Waals surface area contributed by atoms with Gasteiger partial charge >= 0.3 is 5.97 Å². The van der Waals surface area contributed by atoms with Crippen molar-refractivity contribution in [1.82, 2.24) is 4.57 Å². The lowest BCUT2D eigenvalue weighted by Crippen LogP contribution is -2.44. The van der Waals surface area contributed by atoms with Gasteiger partial charge in [0, 0.05) is 19.2 Å². The lowest BCUT2D eigenvalue weighted by atomic mass is 10.1. The first-order valence-electron chi connectivity index (χ1n) is 13.0. The Bertz CT molecular complexity index is 1300. The number of benzene rings is 3. The Morgan fingerprint density at radius 2 is 1.29 bits per heavy atom. The second-order valence-electron chi connectivity index (χ2n) is 11.1. The molecule has 0 radical (unpaired) electrons. The fourth-order valence-electron chi connectivity index (χ4n) is 4.18. The molecule has 5 nitrogen and oxygen atoms in total. The van der Waals surface area contributed by atoms with Crippen molar-refractivity contribution >= 4 is 20.1 Å². The molecule has 0 fully saturated rings. The van der Waals surface area contributed by atoms with Gasteiger partial charge in [-0.15, -0.1) is 0 Å². The normalized spacial score (nSPS) is 11.7. The molecule has 0 unspecified atom stereocenters. The van der Waals surface area contributed by atoms with Gasteiger partial charge in [0.1, 0.15) is 11.4 Å². The van der Waals surface area contributed by atoms with Crippen molar-refractivity contribution in [2.24, 2.45) is 0 Å². The molecule has 0 aliphatic rings. The third-order valence-electron chi connectivity index (χ3n) is 7.26. The van der Waals surface area contributed by atoms with E-state index in [4.69, 9.17) is 9.16 Å². The Hall–Kier alpha value is -3.77. The maximum Gasteiger partial charge on any atom is 0.341 e. The van der Waals surface area contributed by atoms with E-state index < -0.39 is 8.32 Å². The van der Waals surface area contributed by atoms with E-state index in [1.54, 1.807) is 0 Å². The van der Waals surface area contributed by atoms with E-state index in [1.165, 1.54) is 7.11 Å². The zero-order valence-corrected chi connectivity index (χ0v) is 24.3. The molecular formula is C32H38N2O3Si. The highest BCUT2D eigenvalue weighted by molar-refractivity contribution is 6.74. The first-order chi connectivity index (χ1) is 18.1. The van der Waals surface area contributed by atoms with Crippen molar-refractivity contribution < 1.29 is 14.0 Å². The number of esters is 1. The molecule has 0 N–H and O–H groups in total. The number of nitrogens with zero attached hydrogens (tertiary/aromatic N) is 2. The van der Waals surface area contributed by atoms with Crippen molar-refractivity contribution in [1.29, 1.82) is 0 Å². The van der Waals surface area contributed by atoms with Crippen molar-refractivity contribution in [3.8, 4) is 11.6 Å². The lowest BCUT2D eigenvalue weighted by Gasteiger charge is -2.37. The first-order valence-corrected chi connectivity index (χ1v) is 15.9. The van der Waals surface area contributed by atoms with E-state index in [2.05, 4.69) is 67.6 Å². The monoisotopic (exact) mass is 526 g/mol. The van der Waals surface area contributed by atoms with E-state index in [1.807, 2.05) is 72.8 Å². The van der Waals surface area contributed by atoms with Crippen LogP contribution in [0.1, 0.15) is 42.3 Å². The molecule has 4 aromatic rings. The molecule has 0 atom stereocenters. The van der Waals surface area contributed by atoms with Gasteiger partial charge in [0.05, 0.1) is 12.8 Å². The maximum atomic E-state index is 13.3. The van der Waals surface area contributed by atoms with Crippen LogP contribution in [0.5, 0.6) is 5.88 Å². The first kappa shape index (κ1) is 27.3. The Labute approximate surface area is 227 Å². The van der Waals surface area contributed by atoms with Gasteiger partial charge in [0.2, 0.25) is 0 Å². The van der Waals surface area contributed by atoms with Gasteiger partial charge in [-0.1, -0.05) is 99.6 Å². The van der Waals surface area contributed by atoms with Crippen molar-refractivity contribution in [2.75, 3.05) is 12.0 Å². The fraction of sp³-hybridized carbons (Fsp3) is 0.281. The number of ether oxygens (including phenoxy) is 1. The van der Waals surface area contributed by atoms with Crippen molar-refractivity contribution in [2.45, 2.75) is 52.0 Å². The van der Waals surface area contributed by atoms with Crippen LogP contribution in [0, 0.1) is 0 Å². The lowest BCUT2D eigenvalue weighted by molar-refractivity contribution is 0.0601. The predicted octanol–water partition coefficient (Wildman–Crippen LogP) is 7.85. The number of aromatic nitrogens is 1. The van der Waals surface area contributed by atoms with E-state index >= 15 is 0 Å². The molecule has 38 heavy (non-hydrogen) atoms. The molecule has 3 aromatic carbocycles. The highest BCUT2D eigenvalue weighted by Gasteiger charge is 2.41. The second kappa shape index (κ2) is 11.3. The predicted molar refractivity (Wildman–Crippen MR) is 158 cm³/mol. The average Bonchev–Trinajstić information content (AvgIpc) is 3.27. The van der Waals surface area contributed by atoms with Gasteiger partial charge in [0.25, 0.3) is 8.32 Å². The minimum absolute atomic E-state index is 0.0157. The molecule has 0 aliphatic carbocycles. The Balaban J connectivity index is 1.97. The van der Waals surface area contributed by atoms with Crippen LogP contribution in [0.4, 0.5) is 5.82 Å². The summed E-state index contributed by atoms with van der Waals surface area (Å²) in [5.74, 6) is 1.02. The Morgan fingerprint density at radius 3 is 1.74 bits per heavy atom. The average molecular weight is 527 g/mol. The number of rotatable bonds is 9. The molecule has 198 valence electrons. The van der Waals surface area contributed by atoms with E-state index in [0.29, 0.717) is 24.5 Å². The van der Waals surface area contributed by atoms with Crippen LogP contribution in [0.15, 0.2) is 97.1 Å². The van der Waals surface area contributed by atoms with Crippen LogP contribution in [-0.4, -0.2) is 26.0 Å². The van der Waals surface area contributed by atoms with Gasteiger partial charge < -0.3 is 14.1 Å². The minimum atomic E-state index is -2.24. The van der Waals surface area contributed by atoms with Crippen LogP contribution in [0.25, 0.3) is 5.69 Å². The van der Waals surface area contributed by atoms with Gasteiger partial charge in [0.15, 0.2) is 5.88 Å². The van der Waals surface area contributed by atoms with Crippen LogP contribution in [0.2, 0.25) is 18.1 Å². The zero-order valence-electron chi connectivity index (χ0n) is 23.3. The number of carbonyl (C=O) groups is 1. The molecule has 0 amide bonds. The summed E-state index contributed by atoms with van der Waals surface area (Å²) in [6.07, 6.45) is 0. The number of hydrogen-bond donors (Lipinski definition) is 0. The molecule has 6 heteroatoms. The van der Waals surface area contributed by atoms with Gasteiger partial charge in [-0.2, -0.15) is 0 Å². The highest BCUT2D eigenvalue weighted by atomic mass is 28.4. The maximum absolute atomic E-state index is 13.3. The Morgan fingerprint density at radius 1 is 0.816 bits per heavy atom. The van der Waals surface area contributed by atoms with Gasteiger partial charge in [-0.3, -0.25) is 4.57 Å². The fourth-order valence-corrected chi connectivity index (χ4v) is 5.16. The number of anilines is 1. The largest absolute Gasteiger partial charge is 0.531 e. The summed E-state index contributed by atoms with van der Waals surface area (Å²) in [6, 6.07) is 32.6. The topological polar surface area (TPSA) is 43.7 Å². The summed E-state index contributed by atoms with van der Waals surface area (Å²) in [7, 11) is -0.809. The van der Waals surface area contributed by atoms with Crippen LogP contribution in [-0.2, 0) is 17.8 Å². The van der Waals surface area contributed by atoms with Crippen molar-refractivity contribution in [3.63, 3.8) is 0 Å². The molecule has 0 spiro atoms. The van der Waals surface area contributed by atoms with Crippen LogP contribution >= 0.6 is 0 Å². The SMILES string of the molecule is COC(=O)c1cc(O[Si](C)(C)C(C)(C)C)n(-c2ccccc2)c1N(Cc1ccccc1)Cc1ccccc1. The summed E-state index contributed by atoms with van der Waals surface area (Å²) in [4.78, 5) is 15.5. The van der Waals surface area contributed by atoms with E-state index in [9.17, 15) is 4.79 Å². The summed E-state index contributed by atoms with van der Waals surface area (Å²) >= 11 is 0. The molecule has 0 bridgehead atoms. The molecule has 0 saturated carbocycles. The zero-order chi connectivity index (χ0) is 27.3. The van der Waals surface area contributed by atoms with Gasteiger partial charge in [-0.25, -0.2) is 4.79 Å². The van der Waals surface area contributed by atoms with E-state index in [-0.39, 0.29) is 11.0 Å². The second-order valence-corrected chi connectivity index (χ2v) is 15.8. The highest BCUT2D eigenvalue weighted by Crippen LogP contribution is 2.42. The van der Waals surface area contributed by atoms with Crippen LogP contribution < -0.4 is 9.33 Å². The van der Waals surface area contributed by atoms with E-state index in [0.717, 1.165) is 22.6 Å². The summed E-state index contributed by atoms with van der Waals surface area (Å²) < 4.78 is 14.3. The molecule has 4 rings (SSSR count). The minimum Gasteiger partial charge on any atom is -0.531 e. The molecular weight excluding hydrogens is 488 g/mol. The molecule has 1 aromatic heterocycles. The Kier molecular flexibility index (Phi) is 8.12. The third-order valence-corrected chi connectivity index (χ3v) is 11.6. The molecule has 0 aliphatic heterocycles. The number of hydrogen-bond acceptors (Lipinski definition) is 4.